The van der Waals surface area contributed by atoms with Crippen molar-refractivity contribution in [3.63, 3.8) is 0 Å². The van der Waals surface area contributed by atoms with Crippen molar-refractivity contribution in [2.45, 2.75) is 25.4 Å². The van der Waals surface area contributed by atoms with E-state index in [9.17, 15) is 9.65 Å². The highest BCUT2D eigenvalue weighted by molar-refractivity contribution is 5.63. The van der Waals surface area contributed by atoms with Crippen molar-refractivity contribution in [2.24, 2.45) is 0 Å². The Bertz CT molecular complexity index is 985. The van der Waals surface area contributed by atoms with Crippen LogP contribution in [0.4, 0.5) is 16.0 Å². The quantitative estimate of drug-likeness (QED) is 0.644. The Labute approximate surface area is 156 Å². The van der Waals surface area contributed by atoms with Gasteiger partial charge >= 0.3 is 0 Å². The standard InChI is InChI=1S/C19H20FN7/c20-15-4-1-3-13(7-15)10-23-18-8-17(25-16-5-2-6-22-12-16)26-19-14(9-21)11-24-27(18)19/h1,3-4,7-8,11,16,22-23H,2,5-6,10,12H2,(H,25,26). The number of rotatable bonds is 5. The molecular weight excluding hydrogens is 345 g/mol. The summed E-state index contributed by atoms with van der Waals surface area (Å²) in [6.45, 7) is 2.35. The van der Waals surface area contributed by atoms with E-state index in [4.69, 9.17) is 0 Å². The Morgan fingerprint density at radius 3 is 3.07 bits per heavy atom. The number of halogens is 1. The molecule has 1 atom stereocenters. The van der Waals surface area contributed by atoms with Crippen LogP contribution in [0, 0.1) is 17.1 Å². The number of nitrogens with one attached hydrogen (secondary N) is 3. The van der Waals surface area contributed by atoms with Crippen molar-refractivity contribution in [1.29, 1.82) is 5.26 Å². The fourth-order valence-electron chi connectivity index (χ4n) is 3.27. The normalized spacial score (nSPS) is 16.8. The van der Waals surface area contributed by atoms with Crippen LogP contribution in [0.25, 0.3) is 5.65 Å². The van der Waals surface area contributed by atoms with E-state index in [0.717, 1.165) is 31.5 Å². The molecule has 138 valence electrons. The molecule has 1 aromatic carbocycles. The number of benzene rings is 1. The highest BCUT2D eigenvalue weighted by Gasteiger charge is 2.16. The van der Waals surface area contributed by atoms with Crippen LogP contribution in [0.2, 0.25) is 0 Å². The van der Waals surface area contributed by atoms with Gasteiger partial charge in [0.05, 0.1) is 6.20 Å². The predicted molar refractivity (Wildman–Crippen MR) is 101 cm³/mol. The molecule has 0 radical (unpaired) electrons. The van der Waals surface area contributed by atoms with Gasteiger partial charge in [0, 0.05) is 25.2 Å². The molecule has 3 heterocycles. The lowest BCUT2D eigenvalue weighted by Crippen LogP contribution is -2.38. The first-order valence-corrected chi connectivity index (χ1v) is 8.97. The van der Waals surface area contributed by atoms with Crippen LogP contribution < -0.4 is 16.0 Å². The first-order chi connectivity index (χ1) is 13.2. The molecule has 1 saturated heterocycles. The van der Waals surface area contributed by atoms with Crippen molar-refractivity contribution in [3.8, 4) is 6.07 Å². The third-order valence-corrected chi connectivity index (χ3v) is 4.60. The second-order valence-electron chi connectivity index (χ2n) is 6.60. The van der Waals surface area contributed by atoms with Gasteiger partial charge in [0.25, 0.3) is 0 Å². The number of piperidine rings is 1. The van der Waals surface area contributed by atoms with Crippen molar-refractivity contribution >= 4 is 17.3 Å². The van der Waals surface area contributed by atoms with Crippen LogP contribution in [-0.2, 0) is 6.54 Å². The summed E-state index contributed by atoms with van der Waals surface area (Å²) < 4.78 is 15.0. The Hall–Kier alpha value is -3.18. The third-order valence-electron chi connectivity index (χ3n) is 4.60. The SMILES string of the molecule is N#Cc1cnn2c(NCc3cccc(F)c3)cc(NC3CCCNC3)nc12. The third kappa shape index (κ3) is 3.83. The van der Waals surface area contributed by atoms with E-state index in [1.807, 2.05) is 12.1 Å². The first kappa shape index (κ1) is 17.2. The predicted octanol–water partition coefficient (Wildman–Crippen LogP) is 2.52. The molecule has 0 amide bonds. The molecule has 1 fully saturated rings. The average Bonchev–Trinajstić information content (AvgIpc) is 3.10. The number of nitriles is 1. The molecule has 7 nitrogen and oxygen atoms in total. The Morgan fingerprint density at radius 1 is 1.37 bits per heavy atom. The summed E-state index contributed by atoms with van der Waals surface area (Å²) in [4.78, 5) is 4.57. The summed E-state index contributed by atoms with van der Waals surface area (Å²) in [7, 11) is 0. The summed E-state index contributed by atoms with van der Waals surface area (Å²) in [5, 5.41) is 23.7. The van der Waals surface area contributed by atoms with Crippen molar-refractivity contribution in [3.05, 3.63) is 53.5 Å². The Kier molecular flexibility index (Phi) is 4.85. The van der Waals surface area contributed by atoms with E-state index in [2.05, 4.69) is 32.1 Å². The largest absolute Gasteiger partial charge is 0.366 e. The number of hydrogen-bond acceptors (Lipinski definition) is 6. The number of hydrogen-bond donors (Lipinski definition) is 3. The molecule has 3 aromatic rings. The molecule has 0 saturated carbocycles. The van der Waals surface area contributed by atoms with Crippen molar-refractivity contribution in [1.82, 2.24) is 19.9 Å². The average molecular weight is 365 g/mol. The van der Waals surface area contributed by atoms with E-state index in [1.165, 1.54) is 18.3 Å². The summed E-state index contributed by atoms with van der Waals surface area (Å²) in [5.74, 6) is 1.11. The maximum Gasteiger partial charge on any atom is 0.177 e. The van der Waals surface area contributed by atoms with Gasteiger partial charge in [0.15, 0.2) is 5.65 Å². The van der Waals surface area contributed by atoms with Gasteiger partial charge in [-0.15, -0.1) is 0 Å². The molecule has 3 N–H and O–H groups in total. The summed E-state index contributed by atoms with van der Waals surface area (Å²) >= 11 is 0. The lowest BCUT2D eigenvalue weighted by atomic mass is 10.1. The fourth-order valence-corrected chi connectivity index (χ4v) is 3.27. The van der Waals surface area contributed by atoms with Crippen molar-refractivity contribution in [2.75, 3.05) is 23.7 Å². The van der Waals surface area contributed by atoms with Crippen LogP contribution in [0.1, 0.15) is 24.0 Å². The highest BCUT2D eigenvalue weighted by Crippen LogP contribution is 2.21. The molecule has 1 aliphatic heterocycles. The van der Waals surface area contributed by atoms with Gasteiger partial charge in [-0.2, -0.15) is 14.9 Å². The summed E-state index contributed by atoms with van der Waals surface area (Å²) in [6.07, 6.45) is 3.68. The number of aromatic nitrogens is 3. The topological polar surface area (TPSA) is 90.1 Å². The maximum atomic E-state index is 13.4. The van der Waals surface area contributed by atoms with E-state index in [-0.39, 0.29) is 5.82 Å². The first-order valence-electron chi connectivity index (χ1n) is 8.97. The monoisotopic (exact) mass is 365 g/mol. The second kappa shape index (κ2) is 7.60. The molecule has 1 aliphatic rings. The molecule has 8 heteroatoms. The summed E-state index contributed by atoms with van der Waals surface area (Å²) in [6, 6.07) is 10.7. The minimum atomic E-state index is -0.271. The smallest absolute Gasteiger partial charge is 0.177 e. The second-order valence-corrected chi connectivity index (χ2v) is 6.60. The van der Waals surface area contributed by atoms with Gasteiger partial charge < -0.3 is 16.0 Å². The molecule has 0 aliphatic carbocycles. The van der Waals surface area contributed by atoms with E-state index >= 15 is 0 Å². The van der Waals surface area contributed by atoms with Gasteiger partial charge in [-0.25, -0.2) is 9.37 Å². The van der Waals surface area contributed by atoms with Crippen molar-refractivity contribution < 1.29 is 4.39 Å². The Morgan fingerprint density at radius 2 is 2.30 bits per heavy atom. The van der Waals surface area contributed by atoms with Crippen LogP contribution in [0.3, 0.4) is 0 Å². The van der Waals surface area contributed by atoms with Gasteiger partial charge in [0.1, 0.15) is 29.1 Å². The minimum Gasteiger partial charge on any atom is -0.366 e. The maximum absolute atomic E-state index is 13.4. The zero-order chi connectivity index (χ0) is 18.6. The zero-order valence-electron chi connectivity index (χ0n) is 14.7. The van der Waals surface area contributed by atoms with Crippen LogP contribution in [-0.4, -0.2) is 33.7 Å². The van der Waals surface area contributed by atoms with Crippen LogP contribution >= 0.6 is 0 Å². The van der Waals surface area contributed by atoms with Crippen LogP contribution in [0.5, 0.6) is 0 Å². The van der Waals surface area contributed by atoms with E-state index in [0.29, 0.717) is 35.4 Å². The lowest BCUT2D eigenvalue weighted by molar-refractivity contribution is 0.479. The van der Waals surface area contributed by atoms with Crippen LogP contribution in [0.15, 0.2) is 36.5 Å². The fraction of sp³-hybridized carbons (Fsp3) is 0.316. The molecule has 27 heavy (non-hydrogen) atoms. The van der Waals surface area contributed by atoms with E-state index in [1.54, 1.807) is 10.6 Å². The minimum absolute atomic E-state index is 0.271. The molecule has 1 unspecified atom stereocenters. The van der Waals surface area contributed by atoms with Gasteiger partial charge in [-0.05, 0) is 37.1 Å². The van der Waals surface area contributed by atoms with Gasteiger partial charge in [-0.1, -0.05) is 12.1 Å². The van der Waals surface area contributed by atoms with Gasteiger partial charge in [0.2, 0.25) is 0 Å². The molecular formula is C19H20FN7. The molecule has 4 rings (SSSR count). The lowest BCUT2D eigenvalue weighted by Gasteiger charge is -2.24. The highest BCUT2D eigenvalue weighted by atomic mass is 19.1. The molecule has 0 spiro atoms. The van der Waals surface area contributed by atoms with Gasteiger partial charge in [-0.3, -0.25) is 0 Å². The number of nitrogens with zero attached hydrogens (tertiary/aromatic N) is 4. The number of anilines is 2. The Balaban J connectivity index is 1.63. The number of fused-ring (bicyclic) bond motifs is 1. The molecule has 2 aromatic heterocycles. The summed E-state index contributed by atoms with van der Waals surface area (Å²) in [5.41, 5.74) is 1.72. The zero-order valence-corrected chi connectivity index (χ0v) is 14.7. The van der Waals surface area contributed by atoms with E-state index < -0.39 is 0 Å². The molecule has 0 bridgehead atoms.